The van der Waals surface area contributed by atoms with E-state index in [1.165, 1.54) is 24.9 Å². The number of hydrogen-bond donors (Lipinski definition) is 1. The number of nitrogens with zero attached hydrogens (tertiary/aromatic N) is 3. The largest absolute Gasteiger partial charge is 0.369 e. The van der Waals surface area contributed by atoms with E-state index in [1.807, 2.05) is 0 Å². The normalized spacial score (nSPS) is 14.7. The first-order valence-electron chi connectivity index (χ1n) is 8.13. The van der Waals surface area contributed by atoms with Gasteiger partial charge >= 0.3 is 0 Å². The summed E-state index contributed by atoms with van der Waals surface area (Å²) < 4.78 is 14.3. The fraction of sp³-hybridized carbons (Fsp3) is 0.278. The third kappa shape index (κ3) is 4.33. The van der Waals surface area contributed by atoms with Gasteiger partial charge in [-0.15, -0.1) is 0 Å². The molecule has 1 aromatic carbocycles. The Labute approximate surface area is 150 Å². The zero-order valence-corrected chi connectivity index (χ0v) is 14.3. The molecule has 2 heterocycles. The average molecular weight is 361 g/mol. The van der Waals surface area contributed by atoms with Gasteiger partial charge in [0.25, 0.3) is 5.91 Å². The maximum Gasteiger partial charge on any atom is 0.274 e. The van der Waals surface area contributed by atoms with Crippen LogP contribution in [0.15, 0.2) is 41.6 Å². The molecule has 1 saturated heterocycles. The summed E-state index contributed by atoms with van der Waals surface area (Å²) in [7, 11) is 0. The van der Waals surface area contributed by atoms with Crippen LogP contribution in [0.2, 0.25) is 5.15 Å². The summed E-state index contributed by atoms with van der Waals surface area (Å²) in [5, 5.41) is 3.95. The van der Waals surface area contributed by atoms with Gasteiger partial charge in [0.05, 0.1) is 17.5 Å². The Morgan fingerprint density at radius 1 is 1.28 bits per heavy atom. The smallest absolute Gasteiger partial charge is 0.274 e. The van der Waals surface area contributed by atoms with E-state index in [0.29, 0.717) is 11.3 Å². The van der Waals surface area contributed by atoms with Crippen molar-refractivity contribution in [3.63, 3.8) is 0 Å². The lowest BCUT2D eigenvalue weighted by Gasteiger charge is -2.29. The molecule has 0 saturated carbocycles. The molecule has 25 heavy (non-hydrogen) atoms. The van der Waals surface area contributed by atoms with Crippen molar-refractivity contribution in [2.24, 2.45) is 5.10 Å². The lowest BCUT2D eigenvalue weighted by atomic mass is 10.1. The average Bonchev–Trinajstić information content (AvgIpc) is 2.63. The standard InChI is InChI=1S/C18H18ClFN4O/c19-17-14(5-4-8-21-17)18(25)23-22-12-13-6-7-16(15(20)11-13)24-9-2-1-3-10-24/h4-8,11-12H,1-3,9-10H2,(H,23,25). The summed E-state index contributed by atoms with van der Waals surface area (Å²) in [4.78, 5) is 17.8. The molecule has 1 aliphatic heterocycles. The van der Waals surface area contributed by atoms with Crippen LogP contribution in [0.3, 0.4) is 0 Å². The van der Waals surface area contributed by atoms with E-state index in [2.05, 4.69) is 20.4 Å². The van der Waals surface area contributed by atoms with Gasteiger partial charge in [-0.25, -0.2) is 14.8 Å². The molecule has 1 aromatic heterocycles. The van der Waals surface area contributed by atoms with E-state index in [1.54, 1.807) is 24.3 Å². The minimum atomic E-state index is -0.472. The number of rotatable bonds is 4. The van der Waals surface area contributed by atoms with E-state index in [4.69, 9.17) is 11.6 Å². The highest BCUT2D eigenvalue weighted by Gasteiger charge is 2.14. The SMILES string of the molecule is O=C(NN=Cc1ccc(N2CCCCC2)c(F)c1)c1cccnc1Cl. The van der Waals surface area contributed by atoms with Gasteiger partial charge in [0.2, 0.25) is 0 Å². The van der Waals surface area contributed by atoms with Gasteiger partial charge < -0.3 is 4.90 Å². The molecular formula is C18H18ClFN4O. The Morgan fingerprint density at radius 3 is 2.80 bits per heavy atom. The molecule has 0 bridgehead atoms. The summed E-state index contributed by atoms with van der Waals surface area (Å²) in [6.45, 7) is 1.76. The maximum absolute atomic E-state index is 14.3. The lowest BCUT2D eigenvalue weighted by Crippen LogP contribution is -2.30. The molecule has 2 aromatic rings. The second-order valence-electron chi connectivity index (χ2n) is 5.80. The number of hydrogen-bond acceptors (Lipinski definition) is 4. The van der Waals surface area contributed by atoms with Gasteiger partial charge in [0.1, 0.15) is 11.0 Å². The summed E-state index contributed by atoms with van der Waals surface area (Å²) in [5.41, 5.74) is 3.77. The Kier molecular flexibility index (Phi) is 5.60. The zero-order chi connectivity index (χ0) is 17.6. The molecule has 0 aliphatic carbocycles. The van der Waals surface area contributed by atoms with Crippen LogP contribution in [0.1, 0.15) is 35.2 Å². The first kappa shape index (κ1) is 17.4. The second kappa shape index (κ2) is 8.07. The van der Waals surface area contributed by atoms with Crippen molar-refractivity contribution in [3.8, 4) is 0 Å². The van der Waals surface area contributed by atoms with Crippen LogP contribution in [-0.4, -0.2) is 30.2 Å². The molecule has 1 aliphatic rings. The number of nitrogens with one attached hydrogen (secondary N) is 1. The monoisotopic (exact) mass is 360 g/mol. The highest BCUT2D eigenvalue weighted by Crippen LogP contribution is 2.23. The molecule has 7 heteroatoms. The van der Waals surface area contributed by atoms with E-state index < -0.39 is 5.91 Å². The van der Waals surface area contributed by atoms with Gasteiger partial charge in [0.15, 0.2) is 0 Å². The molecule has 1 N–H and O–H groups in total. The predicted molar refractivity (Wildman–Crippen MR) is 96.8 cm³/mol. The minimum Gasteiger partial charge on any atom is -0.369 e. The minimum absolute atomic E-state index is 0.104. The van der Waals surface area contributed by atoms with Crippen LogP contribution in [0.25, 0.3) is 0 Å². The number of aromatic nitrogens is 1. The van der Waals surface area contributed by atoms with Crippen LogP contribution in [0.4, 0.5) is 10.1 Å². The highest BCUT2D eigenvalue weighted by atomic mass is 35.5. The van der Waals surface area contributed by atoms with Gasteiger partial charge in [-0.2, -0.15) is 5.10 Å². The first-order chi connectivity index (χ1) is 12.1. The van der Waals surface area contributed by atoms with Crippen molar-refractivity contribution in [3.05, 3.63) is 58.6 Å². The van der Waals surface area contributed by atoms with Gasteiger partial charge in [-0.1, -0.05) is 17.7 Å². The van der Waals surface area contributed by atoms with Gasteiger partial charge in [-0.05, 0) is 49.1 Å². The van der Waals surface area contributed by atoms with Crippen LogP contribution in [0, 0.1) is 5.82 Å². The number of carbonyl (C=O) groups excluding carboxylic acids is 1. The molecule has 1 amide bonds. The van der Waals surface area contributed by atoms with Crippen LogP contribution >= 0.6 is 11.6 Å². The number of carbonyl (C=O) groups is 1. The molecule has 0 atom stereocenters. The fourth-order valence-corrected chi connectivity index (χ4v) is 2.98. The van der Waals surface area contributed by atoms with Crippen molar-refractivity contribution >= 4 is 29.4 Å². The van der Waals surface area contributed by atoms with E-state index in [9.17, 15) is 9.18 Å². The van der Waals surface area contributed by atoms with Gasteiger partial charge in [-0.3, -0.25) is 4.79 Å². The predicted octanol–water partition coefficient (Wildman–Crippen LogP) is 3.63. The fourth-order valence-electron chi connectivity index (χ4n) is 2.78. The molecule has 0 radical (unpaired) electrons. The van der Waals surface area contributed by atoms with Crippen molar-refractivity contribution in [2.45, 2.75) is 19.3 Å². The summed E-state index contributed by atoms with van der Waals surface area (Å²) in [6, 6.07) is 8.10. The Hall–Kier alpha value is -2.47. The van der Waals surface area contributed by atoms with Crippen LogP contribution in [0.5, 0.6) is 0 Å². The maximum atomic E-state index is 14.3. The van der Waals surface area contributed by atoms with Crippen LogP contribution in [-0.2, 0) is 0 Å². The Bertz CT molecular complexity index is 790. The molecule has 3 rings (SSSR count). The van der Waals surface area contributed by atoms with E-state index in [0.717, 1.165) is 25.9 Å². The number of pyridine rings is 1. The molecule has 0 unspecified atom stereocenters. The van der Waals surface area contributed by atoms with Gasteiger partial charge in [0, 0.05) is 19.3 Å². The Balaban J connectivity index is 1.64. The number of anilines is 1. The number of amides is 1. The molecule has 1 fully saturated rings. The quantitative estimate of drug-likeness (QED) is 0.514. The third-order valence-electron chi connectivity index (χ3n) is 4.05. The number of piperidine rings is 1. The first-order valence-corrected chi connectivity index (χ1v) is 8.51. The zero-order valence-electron chi connectivity index (χ0n) is 13.6. The summed E-state index contributed by atoms with van der Waals surface area (Å²) >= 11 is 5.85. The number of halogens is 2. The van der Waals surface area contributed by atoms with E-state index >= 15 is 0 Å². The molecular weight excluding hydrogens is 343 g/mol. The summed E-state index contributed by atoms with van der Waals surface area (Å²) in [6.07, 6.45) is 6.26. The third-order valence-corrected chi connectivity index (χ3v) is 4.35. The van der Waals surface area contributed by atoms with Crippen LogP contribution < -0.4 is 10.3 Å². The number of hydrazone groups is 1. The number of benzene rings is 1. The molecule has 0 spiro atoms. The molecule has 5 nitrogen and oxygen atoms in total. The van der Waals surface area contributed by atoms with Crippen molar-refractivity contribution in [1.82, 2.24) is 10.4 Å². The second-order valence-corrected chi connectivity index (χ2v) is 6.16. The Morgan fingerprint density at radius 2 is 2.08 bits per heavy atom. The highest BCUT2D eigenvalue weighted by molar-refractivity contribution is 6.32. The molecule has 130 valence electrons. The van der Waals surface area contributed by atoms with Crippen molar-refractivity contribution in [2.75, 3.05) is 18.0 Å². The van der Waals surface area contributed by atoms with E-state index in [-0.39, 0.29) is 16.5 Å². The summed E-state index contributed by atoms with van der Waals surface area (Å²) in [5.74, 6) is -0.757. The lowest BCUT2D eigenvalue weighted by molar-refractivity contribution is 0.0955. The van der Waals surface area contributed by atoms with Crippen molar-refractivity contribution < 1.29 is 9.18 Å². The topological polar surface area (TPSA) is 57.6 Å². The van der Waals surface area contributed by atoms with Crippen molar-refractivity contribution in [1.29, 1.82) is 0 Å².